The van der Waals surface area contributed by atoms with E-state index in [1.54, 1.807) is 12.1 Å². The molecule has 0 saturated carbocycles. The van der Waals surface area contributed by atoms with E-state index in [9.17, 15) is 9.59 Å². The molecule has 0 aliphatic rings. The molecule has 0 bridgehead atoms. The zero-order chi connectivity index (χ0) is 19.2. The van der Waals surface area contributed by atoms with Gasteiger partial charge in [0.25, 0.3) is 0 Å². The number of para-hydroxylation sites is 1. The van der Waals surface area contributed by atoms with Gasteiger partial charge in [0, 0.05) is 15.5 Å². The zero-order valence-electron chi connectivity index (χ0n) is 15.2. The van der Waals surface area contributed by atoms with Gasteiger partial charge in [-0.2, -0.15) is 0 Å². The monoisotopic (exact) mass is 376 g/mol. The third-order valence-electron chi connectivity index (χ3n) is 3.94. The second kappa shape index (κ2) is 8.56. The van der Waals surface area contributed by atoms with Crippen molar-refractivity contribution in [2.75, 3.05) is 10.6 Å². The van der Waals surface area contributed by atoms with Gasteiger partial charge < -0.3 is 10.6 Å². The van der Waals surface area contributed by atoms with Gasteiger partial charge in [-0.1, -0.05) is 59.8 Å². The maximum absolute atomic E-state index is 12.4. The number of rotatable bonds is 4. The summed E-state index contributed by atoms with van der Waals surface area (Å²) in [7, 11) is 0. The van der Waals surface area contributed by atoms with Gasteiger partial charge in [0.15, 0.2) is 0 Å². The summed E-state index contributed by atoms with van der Waals surface area (Å²) in [5.74, 6) is -1.39. The highest BCUT2D eigenvalue weighted by molar-refractivity contribution is 7.99. The van der Waals surface area contributed by atoms with Crippen LogP contribution in [0.4, 0.5) is 11.4 Å². The van der Waals surface area contributed by atoms with Crippen LogP contribution in [0.5, 0.6) is 0 Å². The summed E-state index contributed by atoms with van der Waals surface area (Å²) < 4.78 is 0. The molecule has 3 aromatic rings. The summed E-state index contributed by atoms with van der Waals surface area (Å²) in [5.41, 5.74) is 3.25. The SMILES string of the molecule is Cc1ccc(NC(=O)C(=O)Nc2ccccc2Sc2ccccc2)c(C)c1. The maximum atomic E-state index is 12.4. The number of anilines is 2. The first kappa shape index (κ1) is 18.7. The molecule has 0 aliphatic heterocycles. The standard InChI is InChI=1S/C22H20N2O2S/c1-15-12-13-18(16(2)14-15)23-21(25)22(26)24-19-10-6-7-11-20(19)27-17-8-4-3-5-9-17/h3-14H,1-2H3,(H,23,25)(H,24,26). The number of aryl methyl sites for hydroxylation is 2. The van der Waals surface area contributed by atoms with Crippen LogP contribution in [0.2, 0.25) is 0 Å². The van der Waals surface area contributed by atoms with Gasteiger partial charge in [-0.05, 0) is 49.7 Å². The summed E-state index contributed by atoms with van der Waals surface area (Å²) in [4.78, 5) is 26.6. The predicted octanol–water partition coefficient (Wildman–Crippen LogP) is 5.03. The van der Waals surface area contributed by atoms with Gasteiger partial charge in [0.1, 0.15) is 0 Å². The van der Waals surface area contributed by atoms with E-state index in [-0.39, 0.29) is 0 Å². The van der Waals surface area contributed by atoms with Crippen molar-refractivity contribution in [3.8, 4) is 0 Å². The van der Waals surface area contributed by atoms with E-state index in [1.807, 2.05) is 74.5 Å². The molecule has 2 N–H and O–H groups in total. The molecule has 3 rings (SSSR count). The molecule has 0 aromatic heterocycles. The number of carbonyl (C=O) groups is 2. The Labute approximate surface area is 163 Å². The lowest BCUT2D eigenvalue weighted by atomic mass is 10.1. The zero-order valence-corrected chi connectivity index (χ0v) is 16.0. The first-order valence-electron chi connectivity index (χ1n) is 8.54. The number of nitrogens with one attached hydrogen (secondary N) is 2. The quantitative estimate of drug-likeness (QED) is 0.628. The van der Waals surface area contributed by atoms with Crippen LogP contribution in [0.1, 0.15) is 11.1 Å². The predicted molar refractivity (Wildman–Crippen MR) is 110 cm³/mol. The van der Waals surface area contributed by atoms with Crippen molar-refractivity contribution in [2.24, 2.45) is 0 Å². The average Bonchev–Trinajstić information content (AvgIpc) is 2.66. The van der Waals surface area contributed by atoms with E-state index in [1.165, 1.54) is 11.8 Å². The maximum Gasteiger partial charge on any atom is 0.314 e. The second-order valence-electron chi connectivity index (χ2n) is 6.14. The Kier molecular flexibility index (Phi) is 5.94. The van der Waals surface area contributed by atoms with E-state index < -0.39 is 11.8 Å². The van der Waals surface area contributed by atoms with Crippen LogP contribution >= 0.6 is 11.8 Å². The van der Waals surface area contributed by atoms with E-state index in [4.69, 9.17) is 0 Å². The molecule has 0 aliphatic carbocycles. The molecule has 0 fully saturated rings. The summed E-state index contributed by atoms with van der Waals surface area (Å²) in [5, 5.41) is 5.38. The van der Waals surface area contributed by atoms with Crippen LogP contribution in [0, 0.1) is 13.8 Å². The van der Waals surface area contributed by atoms with Crippen LogP contribution < -0.4 is 10.6 Å². The minimum absolute atomic E-state index is 0.604. The summed E-state index contributed by atoms with van der Waals surface area (Å²) in [6.07, 6.45) is 0. The number of hydrogen-bond donors (Lipinski definition) is 2. The van der Waals surface area contributed by atoms with Crippen LogP contribution in [0.15, 0.2) is 82.6 Å². The lowest BCUT2D eigenvalue weighted by molar-refractivity contribution is -0.133. The lowest BCUT2D eigenvalue weighted by Crippen LogP contribution is -2.29. The highest BCUT2D eigenvalue weighted by Crippen LogP contribution is 2.33. The Bertz CT molecular complexity index is 971. The van der Waals surface area contributed by atoms with E-state index in [0.29, 0.717) is 11.4 Å². The third-order valence-corrected chi connectivity index (χ3v) is 5.03. The number of hydrogen-bond acceptors (Lipinski definition) is 3. The highest BCUT2D eigenvalue weighted by atomic mass is 32.2. The molecule has 0 heterocycles. The van der Waals surface area contributed by atoms with E-state index in [0.717, 1.165) is 20.9 Å². The van der Waals surface area contributed by atoms with Crippen molar-refractivity contribution >= 4 is 35.0 Å². The number of amides is 2. The van der Waals surface area contributed by atoms with Crippen LogP contribution in [-0.4, -0.2) is 11.8 Å². The van der Waals surface area contributed by atoms with Gasteiger partial charge in [-0.3, -0.25) is 9.59 Å². The number of carbonyl (C=O) groups excluding carboxylic acids is 2. The Balaban J connectivity index is 1.71. The highest BCUT2D eigenvalue weighted by Gasteiger charge is 2.16. The van der Waals surface area contributed by atoms with Crippen molar-refractivity contribution in [1.29, 1.82) is 0 Å². The Morgan fingerprint density at radius 3 is 2.07 bits per heavy atom. The molecule has 4 nitrogen and oxygen atoms in total. The summed E-state index contributed by atoms with van der Waals surface area (Å²) in [6.45, 7) is 3.87. The van der Waals surface area contributed by atoms with Gasteiger partial charge >= 0.3 is 11.8 Å². The normalized spacial score (nSPS) is 10.3. The number of benzene rings is 3. The first-order valence-corrected chi connectivity index (χ1v) is 9.36. The first-order chi connectivity index (χ1) is 13.0. The largest absolute Gasteiger partial charge is 0.318 e. The Morgan fingerprint density at radius 1 is 0.741 bits per heavy atom. The van der Waals surface area contributed by atoms with Crippen molar-refractivity contribution < 1.29 is 9.59 Å². The van der Waals surface area contributed by atoms with Crippen molar-refractivity contribution in [3.63, 3.8) is 0 Å². The van der Waals surface area contributed by atoms with Gasteiger partial charge in [0.2, 0.25) is 0 Å². The molecule has 0 spiro atoms. The molecular weight excluding hydrogens is 356 g/mol. The topological polar surface area (TPSA) is 58.2 Å². The van der Waals surface area contributed by atoms with Crippen LogP contribution in [-0.2, 0) is 9.59 Å². The Hall–Kier alpha value is -3.05. The molecule has 0 atom stereocenters. The molecule has 136 valence electrons. The van der Waals surface area contributed by atoms with Gasteiger partial charge in [-0.25, -0.2) is 0 Å². The molecule has 0 unspecified atom stereocenters. The fraction of sp³-hybridized carbons (Fsp3) is 0.0909. The molecule has 2 amide bonds. The molecule has 0 radical (unpaired) electrons. The second-order valence-corrected chi connectivity index (χ2v) is 7.25. The minimum atomic E-state index is -0.698. The van der Waals surface area contributed by atoms with Crippen LogP contribution in [0.3, 0.4) is 0 Å². The minimum Gasteiger partial charge on any atom is -0.318 e. The molecule has 5 heteroatoms. The Morgan fingerprint density at radius 2 is 1.37 bits per heavy atom. The third kappa shape index (κ3) is 4.99. The molecule has 27 heavy (non-hydrogen) atoms. The van der Waals surface area contributed by atoms with E-state index >= 15 is 0 Å². The van der Waals surface area contributed by atoms with Crippen molar-refractivity contribution in [2.45, 2.75) is 23.6 Å². The van der Waals surface area contributed by atoms with Gasteiger partial charge in [-0.15, -0.1) is 0 Å². The molecule has 0 saturated heterocycles. The smallest absolute Gasteiger partial charge is 0.314 e. The van der Waals surface area contributed by atoms with Crippen molar-refractivity contribution in [1.82, 2.24) is 0 Å². The van der Waals surface area contributed by atoms with Gasteiger partial charge in [0.05, 0.1) is 5.69 Å². The summed E-state index contributed by atoms with van der Waals surface area (Å²) >= 11 is 1.53. The van der Waals surface area contributed by atoms with Crippen molar-refractivity contribution in [3.05, 3.63) is 83.9 Å². The average molecular weight is 376 g/mol. The van der Waals surface area contributed by atoms with Crippen LogP contribution in [0.25, 0.3) is 0 Å². The fourth-order valence-electron chi connectivity index (χ4n) is 2.59. The van der Waals surface area contributed by atoms with E-state index in [2.05, 4.69) is 10.6 Å². The fourth-order valence-corrected chi connectivity index (χ4v) is 3.51. The molecule has 3 aromatic carbocycles. The lowest BCUT2D eigenvalue weighted by Gasteiger charge is -2.12. The molecular formula is C22H20N2O2S. The summed E-state index contributed by atoms with van der Waals surface area (Å²) in [6, 6.07) is 22.9.